The molecule has 15 heavy (non-hydrogen) atoms. The maximum atomic E-state index is 8.88. The first-order chi connectivity index (χ1) is 7.05. The Bertz CT molecular complexity index is 338. The molecule has 80 valence electrons. The minimum Gasteiger partial charge on any atom is -0.309 e. The molecular weight excluding hydrogens is 186 g/mol. The van der Waals surface area contributed by atoms with Crippen molar-refractivity contribution in [2.75, 3.05) is 6.54 Å². The summed E-state index contributed by atoms with van der Waals surface area (Å²) in [7, 11) is 0. The molecule has 3 heteroatoms. The molecule has 1 heterocycles. The van der Waals surface area contributed by atoms with Crippen molar-refractivity contribution in [3.05, 3.63) is 30.1 Å². The van der Waals surface area contributed by atoms with Crippen molar-refractivity contribution in [3.8, 4) is 6.07 Å². The van der Waals surface area contributed by atoms with E-state index in [0.717, 1.165) is 5.56 Å². The normalized spacial score (nSPS) is 13.2. The van der Waals surface area contributed by atoms with E-state index in [0.29, 0.717) is 6.54 Å². The topological polar surface area (TPSA) is 48.7 Å². The zero-order valence-electron chi connectivity index (χ0n) is 9.49. The largest absolute Gasteiger partial charge is 0.309 e. The van der Waals surface area contributed by atoms with E-state index in [1.807, 2.05) is 32.2 Å². The van der Waals surface area contributed by atoms with Crippen LogP contribution in [0.2, 0.25) is 0 Å². The van der Waals surface area contributed by atoms with Crippen LogP contribution >= 0.6 is 0 Å². The van der Waals surface area contributed by atoms with E-state index < -0.39 is 0 Å². The molecule has 0 radical (unpaired) electrons. The predicted octanol–water partition coefficient (Wildman–Crippen LogP) is 2.28. The first-order valence-corrected chi connectivity index (χ1v) is 5.10. The van der Waals surface area contributed by atoms with Crippen molar-refractivity contribution >= 4 is 0 Å². The molecule has 1 unspecified atom stereocenters. The molecule has 3 nitrogen and oxygen atoms in total. The first kappa shape index (κ1) is 11.7. The highest BCUT2D eigenvalue weighted by Crippen LogP contribution is 2.15. The lowest BCUT2D eigenvalue weighted by Crippen LogP contribution is -2.30. The highest BCUT2D eigenvalue weighted by atomic mass is 14.9. The van der Waals surface area contributed by atoms with Gasteiger partial charge in [0.1, 0.15) is 0 Å². The summed E-state index contributed by atoms with van der Waals surface area (Å²) in [6, 6.07) is 6.45. The van der Waals surface area contributed by atoms with Gasteiger partial charge < -0.3 is 5.32 Å². The zero-order chi connectivity index (χ0) is 11.3. The second kappa shape index (κ2) is 4.90. The van der Waals surface area contributed by atoms with Crippen molar-refractivity contribution in [3.63, 3.8) is 0 Å². The van der Waals surface area contributed by atoms with Crippen LogP contribution in [0.15, 0.2) is 24.5 Å². The smallest absolute Gasteiger partial charge is 0.0697 e. The van der Waals surface area contributed by atoms with Crippen LogP contribution in [-0.4, -0.2) is 11.5 Å². The van der Waals surface area contributed by atoms with Gasteiger partial charge in [-0.05, 0) is 32.4 Å². The molecule has 0 aliphatic heterocycles. The summed E-state index contributed by atoms with van der Waals surface area (Å²) in [6.45, 7) is 6.61. The quantitative estimate of drug-likeness (QED) is 0.816. The number of nitriles is 1. The Morgan fingerprint density at radius 1 is 1.60 bits per heavy atom. The van der Waals surface area contributed by atoms with Crippen LogP contribution in [0.4, 0.5) is 0 Å². The van der Waals surface area contributed by atoms with Gasteiger partial charge in [-0.15, -0.1) is 0 Å². The third kappa shape index (κ3) is 3.69. The molecule has 0 aromatic carbocycles. The molecule has 1 N–H and O–H groups in total. The molecule has 0 aliphatic carbocycles. The SMILES string of the molecule is CC(NCC(C)(C)C#N)c1cccnc1. The van der Waals surface area contributed by atoms with E-state index in [1.54, 1.807) is 6.20 Å². The molecule has 0 saturated heterocycles. The molecule has 0 bridgehead atoms. The summed E-state index contributed by atoms with van der Waals surface area (Å²) in [4.78, 5) is 4.07. The second-order valence-corrected chi connectivity index (χ2v) is 4.38. The fourth-order valence-corrected chi connectivity index (χ4v) is 1.20. The summed E-state index contributed by atoms with van der Waals surface area (Å²) in [5, 5.41) is 12.2. The number of hydrogen-bond acceptors (Lipinski definition) is 3. The monoisotopic (exact) mass is 203 g/mol. The molecule has 0 spiro atoms. The third-order valence-electron chi connectivity index (χ3n) is 2.34. The highest BCUT2D eigenvalue weighted by molar-refractivity contribution is 5.13. The third-order valence-corrected chi connectivity index (χ3v) is 2.34. The average molecular weight is 203 g/mol. The Hall–Kier alpha value is -1.40. The van der Waals surface area contributed by atoms with Crippen LogP contribution in [0.5, 0.6) is 0 Å². The predicted molar refractivity (Wildman–Crippen MR) is 60.0 cm³/mol. The standard InChI is InChI=1S/C12H17N3/c1-10(11-5-4-6-14-7-11)15-9-12(2,3)8-13/h4-7,10,15H,9H2,1-3H3. The molecule has 0 saturated carbocycles. The van der Waals surface area contributed by atoms with Crippen LogP contribution in [-0.2, 0) is 0 Å². The minimum absolute atomic E-state index is 0.228. The lowest BCUT2D eigenvalue weighted by atomic mass is 9.95. The zero-order valence-corrected chi connectivity index (χ0v) is 9.49. The second-order valence-electron chi connectivity index (χ2n) is 4.38. The van der Waals surface area contributed by atoms with Crippen LogP contribution < -0.4 is 5.32 Å². The Morgan fingerprint density at radius 2 is 2.33 bits per heavy atom. The summed E-state index contributed by atoms with van der Waals surface area (Å²) in [5.41, 5.74) is 0.822. The molecule has 0 fully saturated rings. The molecule has 0 aliphatic rings. The van der Waals surface area contributed by atoms with E-state index in [1.165, 1.54) is 0 Å². The van der Waals surface area contributed by atoms with Gasteiger partial charge in [0, 0.05) is 25.0 Å². The number of hydrogen-bond donors (Lipinski definition) is 1. The maximum Gasteiger partial charge on any atom is 0.0697 e. The van der Waals surface area contributed by atoms with E-state index >= 15 is 0 Å². The lowest BCUT2D eigenvalue weighted by molar-refractivity contribution is 0.415. The lowest BCUT2D eigenvalue weighted by Gasteiger charge is -2.20. The van der Waals surface area contributed by atoms with Gasteiger partial charge >= 0.3 is 0 Å². The summed E-state index contributed by atoms with van der Waals surface area (Å²) in [6.07, 6.45) is 3.60. The van der Waals surface area contributed by atoms with Crippen LogP contribution in [0.1, 0.15) is 32.4 Å². The number of rotatable bonds is 4. The molecule has 1 aromatic rings. The first-order valence-electron chi connectivity index (χ1n) is 5.10. The van der Waals surface area contributed by atoms with Crippen molar-refractivity contribution in [1.82, 2.24) is 10.3 Å². The van der Waals surface area contributed by atoms with Crippen molar-refractivity contribution < 1.29 is 0 Å². The summed E-state index contributed by atoms with van der Waals surface area (Å²) >= 11 is 0. The maximum absolute atomic E-state index is 8.88. The van der Waals surface area contributed by atoms with Gasteiger partial charge in [-0.1, -0.05) is 6.07 Å². The number of nitrogens with zero attached hydrogens (tertiary/aromatic N) is 2. The summed E-state index contributed by atoms with van der Waals surface area (Å²) < 4.78 is 0. The minimum atomic E-state index is -0.323. The Kier molecular flexibility index (Phi) is 3.81. The average Bonchev–Trinajstić information content (AvgIpc) is 2.27. The summed E-state index contributed by atoms with van der Waals surface area (Å²) in [5.74, 6) is 0. The Morgan fingerprint density at radius 3 is 2.87 bits per heavy atom. The van der Waals surface area contributed by atoms with E-state index in [9.17, 15) is 0 Å². The molecule has 1 rings (SSSR count). The van der Waals surface area contributed by atoms with Crippen LogP contribution in [0, 0.1) is 16.7 Å². The Balaban J connectivity index is 2.52. The van der Waals surface area contributed by atoms with Crippen molar-refractivity contribution in [1.29, 1.82) is 5.26 Å². The van der Waals surface area contributed by atoms with Crippen molar-refractivity contribution in [2.45, 2.75) is 26.8 Å². The fourth-order valence-electron chi connectivity index (χ4n) is 1.20. The van der Waals surface area contributed by atoms with Gasteiger partial charge in [-0.3, -0.25) is 4.98 Å². The van der Waals surface area contributed by atoms with Gasteiger partial charge in [-0.2, -0.15) is 5.26 Å². The van der Waals surface area contributed by atoms with Crippen LogP contribution in [0.3, 0.4) is 0 Å². The van der Waals surface area contributed by atoms with E-state index in [2.05, 4.69) is 23.3 Å². The van der Waals surface area contributed by atoms with E-state index in [4.69, 9.17) is 5.26 Å². The molecule has 0 amide bonds. The number of pyridine rings is 1. The van der Waals surface area contributed by atoms with Crippen LogP contribution in [0.25, 0.3) is 0 Å². The van der Waals surface area contributed by atoms with Gasteiger partial charge in [0.2, 0.25) is 0 Å². The molecular formula is C12H17N3. The highest BCUT2D eigenvalue weighted by Gasteiger charge is 2.17. The number of aromatic nitrogens is 1. The van der Waals surface area contributed by atoms with Gasteiger partial charge in [0.25, 0.3) is 0 Å². The van der Waals surface area contributed by atoms with Gasteiger partial charge in [-0.25, -0.2) is 0 Å². The van der Waals surface area contributed by atoms with Crippen molar-refractivity contribution in [2.24, 2.45) is 5.41 Å². The number of nitrogens with one attached hydrogen (secondary N) is 1. The Labute approximate surface area is 91.1 Å². The fraction of sp³-hybridized carbons (Fsp3) is 0.500. The van der Waals surface area contributed by atoms with Gasteiger partial charge in [0.05, 0.1) is 11.5 Å². The van der Waals surface area contributed by atoms with E-state index in [-0.39, 0.29) is 11.5 Å². The van der Waals surface area contributed by atoms with Gasteiger partial charge in [0.15, 0.2) is 0 Å². The molecule has 1 atom stereocenters. The molecule has 1 aromatic heterocycles.